The van der Waals surface area contributed by atoms with Crippen LogP contribution in [0.3, 0.4) is 0 Å². The van der Waals surface area contributed by atoms with Crippen LogP contribution >= 0.6 is 0 Å². The number of hydrogen-bond donors (Lipinski definition) is 1. The largest absolute Gasteiger partial charge is 0.468 e. The lowest BCUT2D eigenvalue weighted by atomic mass is 10.1. The van der Waals surface area contributed by atoms with Crippen molar-refractivity contribution in [3.8, 4) is 0 Å². The van der Waals surface area contributed by atoms with Gasteiger partial charge in [-0.15, -0.1) is 0 Å². The fourth-order valence-electron chi connectivity index (χ4n) is 1.78. The average molecular weight is 291 g/mol. The summed E-state index contributed by atoms with van der Waals surface area (Å²) in [5, 5.41) is 6.50. The van der Waals surface area contributed by atoms with E-state index in [0.29, 0.717) is 11.3 Å². The number of amides is 1. The van der Waals surface area contributed by atoms with Gasteiger partial charge in [-0.05, 0) is 30.7 Å². The first kappa shape index (κ1) is 14.7. The molecule has 0 fully saturated rings. The van der Waals surface area contributed by atoms with E-state index in [4.69, 9.17) is 0 Å². The summed E-state index contributed by atoms with van der Waals surface area (Å²) < 4.78 is 19.1. The van der Waals surface area contributed by atoms with Gasteiger partial charge in [-0.3, -0.25) is 14.3 Å². The molecule has 1 amide bonds. The van der Waals surface area contributed by atoms with Crippen LogP contribution in [-0.4, -0.2) is 28.8 Å². The summed E-state index contributed by atoms with van der Waals surface area (Å²) in [5.41, 5.74) is 1.28. The predicted molar refractivity (Wildman–Crippen MR) is 73.3 cm³/mol. The number of carbonyl (C=O) groups is 2. The molecule has 2 rings (SSSR count). The minimum absolute atomic E-state index is 0.0502. The van der Waals surface area contributed by atoms with Crippen molar-refractivity contribution in [1.82, 2.24) is 9.78 Å². The van der Waals surface area contributed by atoms with Crippen molar-refractivity contribution >= 4 is 17.6 Å². The van der Waals surface area contributed by atoms with Crippen molar-refractivity contribution in [2.75, 3.05) is 12.4 Å². The second-order valence-corrected chi connectivity index (χ2v) is 4.47. The molecule has 6 nitrogen and oxygen atoms in total. The Kier molecular flexibility index (Phi) is 4.32. The number of ether oxygens (including phenoxy) is 1. The minimum atomic E-state index is -0.471. The highest BCUT2D eigenvalue weighted by molar-refractivity contribution is 6.04. The molecule has 1 N–H and O–H groups in total. The van der Waals surface area contributed by atoms with Crippen molar-refractivity contribution in [1.29, 1.82) is 0 Å². The van der Waals surface area contributed by atoms with Gasteiger partial charge in [-0.2, -0.15) is 5.10 Å². The summed E-state index contributed by atoms with van der Waals surface area (Å²) in [6, 6.07) is 4.07. The molecule has 1 aromatic heterocycles. The van der Waals surface area contributed by atoms with Crippen molar-refractivity contribution in [2.24, 2.45) is 0 Å². The summed E-state index contributed by atoms with van der Waals surface area (Å²) in [4.78, 5) is 23.1. The Balaban J connectivity index is 2.07. The maximum absolute atomic E-state index is 13.3. The number of aromatic nitrogens is 2. The molecule has 0 saturated carbocycles. The van der Waals surface area contributed by atoms with E-state index in [-0.39, 0.29) is 12.1 Å². The molecule has 0 aliphatic rings. The van der Waals surface area contributed by atoms with Crippen LogP contribution in [0.15, 0.2) is 30.6 Å². The van der Waals surface area contributed by atoms with E-state index in [0.717, 1.165) is 6.07 Å². The number of nitrogens with one attached hydrogen (secondary N) is 1. The summed E-state index contributed by atoms with van der Waals surface area (Å²) in [6.07, 6.45) is 2.88. The van der Waals surface area contributed by atoms with Crippen LogP contribution in [0.25, 0.3) is 0 Å². The second-order valence-electron chi connectivity index (χ2n) is 4.47. The molecule has 0 spiro atoms. The lowest BCUT2D eigenvalue weighted by Crippen LogP contribution is -2.13. The molecule has 0 aliphatic heterocycles. The Morgan fingerprint density at radius 1 is 1.38 bits per heavy atom. The minimum Gasteiger partial charge on any atom is -0.468 e. The van der Waals surface area contributed by atoms with Crippen LogP contribution in [0.2, 0.25) is 0 Å². The summed E-state index contributed by atoms with van der Waals surface area (Å²) in [5.74, 6) is -1.37. The Bertz CT molecular complexity index is 662. The average Bonchev–Trinajstić information content (AvgIpc) is 2.84. The standard InChI is InChI=1S/C14H14FN3O3/c1-9-3-10(5-11(15)4-9)14(20)17-12-6-16-18(7-12)8-13(19)21-2/h3-7H,8H2,1-2H3,(H,17,20). The number of benzene rings is 1. The third-order valence-electron chi connectivity index (χ3n) is 2.71. The van der Waals surface area contributed by atoms with Crippen molar-refractivity contribution < 1.29 is 18.7 Å². The van der Waals surface area contributed by atoms with Crippen molar-refractivity contribution in [3.05, 3.63) is 47.5 Å². The Morgan fingerprint density at radius 3 is 2.81 bits per heavy atom. The Labute approximate surface area is 120 Å². The van der Waals surface area contributed by atoms with Crippen LogP contribution in [0.4, 0.5) is 10.1 Å². The van der Waals surface area contributed by atoms with Crippen LogP contribution in [-0.2, 0) is 16.1 Å². The fourth-order valence-corrected chi connectivity index (χ4v) is 1.78. The number of halogens is 1. The number of rotatable bonds is 4. The topological polar surface area (TPSA) is 73.2 Å². The third-order valence-corrected chi connectivity index (χ3v) is 2.71. The van der Waals surface area contributed by atoms with Gasteiger partial charge in [-0.25, -0.2) is 4.39 Å². The molecule has 21 heavy (non-hydrogen) atoms. The molecule has 0 unspecified atom stereocenters. The van der Waals surface area contributed by atoms with E-state index in [9.17, 15) is 14.0 Å². The van der Waals surface area contributed by atoms with E-state index in [1.165, 1.54) is 30.3 Å². The molecule has 0 saturated heterocycles. The van der Waals surface area contributed by atoms with E-state index >= 15 is 0 Å². The van der Waals surface area contributed by atoms with Gasteiger partial charge in [0.2, 0.25) is 0 Å². The van der Waals surface area contributed by atoms with Gasteiger partial charge in [0.15, 0.2) is 0 Å². The van der Waals surface area contributed by atoms with Gasteiger partial charge in [0, 0.05) is 11.8 Å². The molecule has 1 aromatic carbocycles. The fraction of sp³-hybridized carbons (Fsp3) is 0.214. The third kappa shape index (κ3) is 3.88. The van der Waals surface area contributed by atoms with Crippen molar-refractivity contribution in [3.63, 3.8) is 0 Å². The maximum atomic E-state index is 13.3. The summed E-state index contributed by atoms with van der Waals surface area (Å²) in [7, 11) is 1.28. The van der Waals surface area contributed by atoms with Gasteiger partial charge in [-0.1, -0.05) is 0 Å². The number of nitrogens with zero attached hydrogens (tertiary/aromatic N) is 2. The number of carbonyl (C=O) groups excluding carboxylic acids is 2. The Hall–Kier alpha value is -2.70. The van der Waals surface area contributed by atoms with Crippen LogP contribution in [0.1, 0.15) is 15.9 Å². The van der Waals surface area contributed by atoms with Gasteiger partial charge in [0.25, 0.3) is 5.91 Å². The number of methoxy groups -OCH3 is 1. The lowest BCUT2D eigenvalue weighted by Gasteiger charge is -2.04. The Morgan fingerprint density at radius 2 is 2.14 bits per heavy atom. The highest BCUT2D eigenvalue weighted by Gasteiger charge is 2.10. The first-order valence-corrected chi connectivity index (χ1v) is 6.16. The molecule has 0 atom stereocenters. The molecular weight excluding hydrogens is 277 g/mol. The molecule has 2 aromatic rings. The van der Waals surface area contributed by atoms with Gasteiger partial charge in [0.05, 0.1) is 19.0 Å². The number of hydrogen-bond acceptors (Lipinski definition) is 4. The molecule has 0 aliphatic carbocycles. The molecule has 0 bridgehead atoms. The highest BCUT2D eigenvalue weighted by Crippen LogP contribution is 2.12. The molecule has 7 heteroatoms. The SMILES string of the molecule is COC(=O)Cn1cc(NC(=O)c2cc(C)cc(F)c2)cn1. The zero-order valence-electron chi connectivity index (χ0n) is 11.6. The zero-order chi connectivity index (χ0) is 15.4. The first-order valence-electron chi connectivity index (χ1n) is 6.16. The van der Waals surface area contributed by atoms with E-state index in [1.54, 1.807) is 13.0 Å². The van der Waals surface area contributed by atoms with E-state index in [1.807, 2.05) is 0 Å². The zero-order valence-corrected chi connectivity index (χ0v) is 11.6. The molecule has 1 heterocycles. The van der Waals surface area contributed by atoms with Crippen LogP contribution in [0.5, 0.6) is 0 Å². The monoisotopic (exact) mass is 291 g/mol. The first-order chi connectivity index (χ1) is 9.97. The molecule has 0 radical (unpaired) electrons. The van der Waals surface area contributed by atoms with Crippen molar-refractivity contribution in [2.45, 2.75) is 13.5 Å². The quantitative estimate of drug-likeness (QED) is 0.871. The van der Waals surface area contributed by atoms with Gasteiger partial charge in [0.1, 0.15) is 12.4 Å². The van der Waals surface area contributed by atoms with Gasteiger partial charge < -0.3 is 10.1 Å². The van der Waals surface area contributed by atoms with E-state index in [2.05, 4.69) is 15.2 Å². The summed E-state index contributed by atoms with van der Waals surface area (Å²) in [6.45, 7) is 1.65. The number of esters is 1. The van der Waals surface area contributed by atoms with Gasteiger partial charge >= 0.3 is 5.97 Å². The maximum Gasteiger partial charge on any atom is 0.327 e. The molecule has 110 valence electrons. The van der Waals surface area contributed by atoms with E-state index < -0.39 is 17.7 Å². The van der Waals surface area contributed by atoms with Crippen LogP contribution in [0, 0.1) is 12.7 Å². The predicted octanol–water partition coefficient (Wildman–Crippen LogP) is 1.76. The number of aryl methyl sites for hydroxylation is 1. The lowest BCUT2D eigenvalue weighted by molar-refractivity contribution is -0.141. The molecular formula is C14H14FN3O3. The normalized spacial score (nSPS) is 10.2. The highest BCUT2D eigenvalue weighted by atomic mass is 19.1. The number of anilines is 1. The second kappa shape index (κ2) is 6.17. The summed E-state index contributed by atoms with van der Waals surface area (Å²) >= 11 is 0. The van der Waals surface area contributed by atoms with Crippen LogP contribution < -0.4 is 5.32 Å². The smallest absolute Gasteiger partial charge is 0.327 e.